The van der Waals surface area contributed by atoms with E-state index < -0.39 is 13.0 Å². The van der Waals surface area contributed by atoms with Crippen LogP contribution in [0.15, 0.2) is 48.8 Å². The fourth-order valence-electron chi connectivity index (χ4n) is 3.76. The van der Waals surface area contributed by atoms with Crippen LogP contribution in [0.25, 0.3) is 17.2 Å². The quantitative estimate of drug-likeness (QED) is 0.318. The summed E-state index contributed by atoms with van der Waals surface area (Å²) in [4.78, 5) is 25.7. The molecule has 0 unspecified atom stereocenters. The van der Waals surface area contributed by atoms with Gasteiger partial charge in [-0.2, -0.15) is 0 Å². The topological polar surface area (TPSA) is 139 Å². The third-order valence-electron chi connectivity index (χ3n) is 5.45. The molecule has 0 spiro atoms. The molecule has 0 radical (unpaired) electrons. The number of aromatic nitrogens is 4. The highest BCUT2D eigenvalue weighted by Gasteiger charge is 2.20. The van der Waals surface area contributed by atoms with Crippen molar-refractivity contribution in [3.63, 3.8) is 0 Å². The second-order valence-electron chi connectivity index (χ2n) is 8.15. The lowest BCUT2D eigenvalue weighted by molar-refractivity contribution is 0.100. The first kappa shape index (κ1) is 22.4. The van der Waals surface area contributed by atoms with Gasteiger partial charge in [0.2, 0.25) is 0 Å². The summed E-state index contributed by atoms with van der Waals surface area (Å²) in [5, 5.41) is 22.2. The second-order valence-corrected chi connectivity index (χ2v) is 8.15. The van der Waals surface area contributed by atoms with Crippen molar-refractivity contribution in [2.24, 2.45) is 5.73 Å². The molecule has 10 heteroatoms. The summed E-state index contributed by atoms with van der Waals surface area (Å²) < 4.78 is 1.77. The number of imidazole rings is 1. The molecule has 4 rings (SSSR count). The maximum atomic E-state index is 11.8. The monoisotopic (exact) mass is 444 g/mol. The number of rotatable bonds is 7. The molecule has 0 atom stereocenters. The van der Waals surface area contributed by atoms with E-state index in [4.69, 9.17) is 10.7 Å². The summed E-state index contributed by atoms with van der Waals surface area (Å²) in [6.45, 7) is 6.40. The average Bonchev–Trinajstić information content (AvgIpc) is 3.13. The number of primary amides is 1. The predicted molar refractivity (Wildman–Crippen MR) is 127 cm³/mol. The van der Waals surface area contributed by atoms with Gasteiger partial charge in [-0.15, -0.1) is 0 Å². The van der Waals surface area contributed by atoms with E-state index in [1.54, 1.807) is 47.1 Å². The van der Waals surface area contributed by atoms with Crippen LogP contribution in [0.4, 0.5) is 5.82 Å². The Balaban J connectivity index is 1.74. The van der Waals surface area contributed by atoms with Crippen LogP contribution in [-0.4, -0.2) is 42.4 Å². The van der Waals surface area contributed by atoms with Gasteiger partial charge in [-0.3, -0.25) is 9.20 Å². The van der Waals surface area contributed by atoms with E-state index in [2.05, 4.69) is 29.1 Å². The van der Waals surface area contributed by atoms with E-state index in [-0.39, 0.29) is 5.92 Å². The molecule has 3 aromatic heterocycles. The Morgan fingerprint density at radius 1 is 1.21 bits per heavy atom. The Labute approximate surface area is 191 Å². The maximum Gasteiger partial charge on any atom is 0.488 e. The highest BCUT2D eigenvalue weighted by molar-refractivity contribution is 6.58. The first-order valence-corrected chi connectivity index (χ1v) is 10.6. The van der Waals surface area contributed by atoms with Gasteiger partial charge in [-0.1, -0.05) is 38.1 Å². The Morgan fingerprint density at radius 2 is 2.00 bits per heavy atom. The molecule has 33 heavy (non-hydrogen) atoms. The summed E-state index contributed by atoms with van der Waals surface area (Å²) >= 11 is 0. The number of nitrogens with one attached hydrogen (secondary N) is 1. The van der Waals surface area contributed by atoms with Crippen LogP contribution >= 0.6 is 0 Å². The number of nitrogens with two attached hydrogens (primary N) is 1. The van der Waals surface area contributed by atoms with Crippen LogP contribution in [0.1, 0.15) is 46.9 Å². The van der Waals surface area contributed by atoms with Gasteiger partial charge >= 0.3 is 7.12 Å². The molecule has 5 N–H and O–H groups in total. The van der Waals surface area contributed by atoms with Crippen molar-refractivity contribution in [2.75, 3.05) is 5.32 Å². The number of pyridine rings is 1. The first-order chi connectivity index (χ1) is 15.8. The number of nitrogens with zero attached hydrogens (tertiary/aromatic N) is 4. The summed E-state index contributed by atoms with van der Waals surface area (Å²) in [5.74, 6) is 0.765. The SMILES string of the molecule is Cc1nc2c(C(N)=O)cccn2c1-c1ncc(C(C)C)c(NCc2cccc(B(O)O)c2)n1. The number of hydrogen-bond donors (Lipinski definition) is 4. The lowest BCUT2D eigenvalue weighted by Gasteiger charge is -2.15. The standard InChI is InChI=1S/C23H25BN6O3/c1-13(2)18-12-27-22(19-14(3)28-23-17(20(25)31)8-5-9-30(19)23)29-21(18)26-11-15-6-4-7-16(10-15)24(32)33/h4-10,12-13,32-33H,11H2,1-3H3,(H2,25,31)(H,26,27,29). The Morgan fingerprint density at radius 3 is 2.70 bits per heavy atom. The number of carbonyl (C=O) groups excluding carboxylic acids is 1. The van der Waals surface area contributed by atoms with Crippen LogP contribution in [0.3, 0.4) is 0 Å². The normalized spacial score (nSPS) is 11.2. The molecular formula is C23H25BN6O3. The number of benzene rings is 1. The fraction of sp³-hybridized carbons (Fsp3) is 0.217. The molecule has 0 aliphatic heterocycles. The minimum Gasteiger partial charge on any atom is -0.423 e. The van der Waals surface area contributed by atoms with Crippen molar-refractivity contribution >= 4 is 30.0 Å². The van der Waals surface area contributed by atoms with Crippen molar-refractivity contribution in [3.05, 3.63) is 71.2 Å². The van der Waals surface area contributed by atoms with Crippen LogP contribution < -0.4 is 16.5 Å². The largest absolute Gasteiger partial charge is 0.488 e. The molecule has 0 saturated carbocycles. The van der Waals surface area contributed by atoms with E-state index in [0.717, 1.165) is 11.1 Å². The highest BCUT2D eigenvalue weighted by Crippen LogP contribution is 2.28. The third-order valence-corrected chi connectivity index (χ3v) is 5.45. The minimum absolute atomic E-state index is 0.178. The van der Waals surface area contributed by atoms with Crippen molar-refractivity contribution in [1.29, 1.82) is 0 Å². The molecule has 1 amide bonds. The van der Waals surface area contributed by atoms with Crippen molar-refractivity contribution in [2.45, 2.75) is 33.2 Å². The number of anilines is 1. The molecular weight excluding hydrogens is 419 g/mol. The molecule has 9 nitrogen and oxygen atoms in total. The van der Waals surface area contributed by atoms with Gasteiger partial charge in [0.25, 0.3) is 5.91 Å². The van der Waals surface area contributed by atoms with E-state index in [1.807, 2.05) is 13.0 Å². The van der Waals surface area contributed by atoms with E-state index in [0.29, 0.717) is 46.2 Å². The molecule has 168 valence electrons. The van der Waals surface area contributed by atoms with Crippen molar-refractivity contribution in [1.82, 2.24) is 19.4 Å². The van der Waals surface area contributed by atoms with Gasteiger partial charge in [0.1, 0.15) is 17.2 Å². The molecule has 3 heterocycles. The van der Waals surface area contributed by atoms with Crippen molar-refractivity contribution in [3.8, 4) is 11.5 Å². The number of aryl methyl sites for hydroxylation is 1. The predicted octanol–water partition coefficient (Wildman–Crippen LogP) is 1.61. The van der Waals surface area contributed by atoms with Gasteiger partial charge in [0.05, 0.1) is 11.3 Å². The smallest absolute Gasteiger partial charge is 0.423 e. The Hall–Kier alpha value is -3.76. The number of fused-ring (bicyclic) bond motifs is 1. The fourth-order valence-corrected chi connectivity index (χ4v) is 3.76. The molecule has 0 aliphatic rings. The van der Waals surface area contributed by atoms with E-state index in [9.17, 15) is 14.8 Å². The summed E-state index contributed by atoms with van der Waals surface area (Å²) in [7, 11) is -1.52. The number of amides is 1. The average molecular weight is 444 g/mol. The van der Waals surface area contributed by atoms with Crippen LogP contribution in [0.2, 0.25) is 0 Å². The molecule has 0 fully saturated rings. The zero-order valence-corrected chi connectivity index (χ0v) is 18.6. The zero-order chi connectivity index (χ0) is 23.7. The summed E-state index contributed by atoms with van der Waals surface area (Å²) in [6, 6.07) is 10.4. The van der Waals surface area contributed by atoms with Crippen LogP contribution in [0, 0.1) is 6.92 Å². The minimum atomic E-state index is -1.52. The molecule has 0 bridgehead atoms. The highest BCUT2D eigenvalue weighted by atomic mass is 16.4. The van der Waals surface area contributed by atoms with Gasteiger partial charge in [0, 0.05) is 24.5 Å². The van der Waals surface area contributed by atoms with Crippen LogP contribution in [-0.2, 0) is 6.54 Å². The van der Waals surface area contributed by atoms with Gasteiger partial charge in [-0.05, 0) is 36.0 Å². The molecule has 0 saturated heterocycles. The molecule has 0 aliphatic carbocycles. The van der Waals surface area contributed by atoms with E-state index in [1.165, 1.54) is 0 Å². The van der Waals surface area contributed by atoms with Gasteiger partial charge < -0.3 is 21.1 Å². The lowest BCUT2D eigenvalue weighted by atomic mass is 9.79. The van der Waals surface area contributed by atoms with Crippen LogP contribution in [0.5, 0.6) is 0 Å². The number of carbonyl (C=O) groups is 1. The first-order valence-electron chi connectivity index (χ1n) is 10.6. The zero-order valence-electron chi connectivity index (χ0n) is 18.6. The summed E-state index contributed by atoms with van der Waals surface area (Å²) in [6.07, 6.45) is 3.59. The Bertz CT molecular complexity index is 1340. The molecule has 1 aromatic carbocycles. The van der Waals surface area contributed by atoms with Gasteiger partial charge in [0.15, 0.2) is 5.82 Å². The molecule has 4 aromatic rings. The second kappa shape index (κ2) is 9.01. The number of hydrogen-bond acceptors (Lipinski definition) is 7. The lowest BCUT2D eigenvalue weighted by Crippen LogP contribution is -2.30. The summed E-state index contributed by atoms with van der Waals surface area (Å²) in [5.41, 5.74) is 9.91. The maximum absolute atomic E-state index is 11.8. The third kappa shape index (κ3) is 4.43. The Kier molecular flexibility index (Phi) is 6.12. The van der Waals surface area contributed by atoms with Crippen molar-refractivity contribution < 1.29 is 14.8 Å². The van der Waals surface area contributed by atoms with E-state index >= 15 is 0 Å². The van der Waals surface area contributed by atoms with Gasteiger partial charge in [-0.25, -0.2) is 15.0 Å².